The molecule has 0 spiro atoms. The molecule has 5 aliphatic heterocycles. The van der Waals surface area contributed by atoms with Crippen molar-refractivity contribution in [1.82, 2.24) is 0 Å². The van der Waals surface area contributed by atoms with Crippen LogP contribution in [0.1, 0.15) is 43.5 Å². The van der Waals surface area contributed by atoms with Crippen molar-refractivity contribution in [3.63, 3.8) is 0 Å². The summed E-state index contributed by atoms with van der Waals surface area (Å²) in [5.41, 5.74) is 0.676. The SMILES string of the molecule is CC12COC(CCCOCC3(COCC4(CO)COC(c5ccccc5)OC4)COC(c4ccccc4)OC3)(OC1)OC2. The number of fused-ring (bicyclic) bond motifs is 3. The van der Waals surface area contributed by atoms with Crippen molar-refractivity contribution in [2.75, 3.05) is 79.3 Å². The number of hydrogen-bond donors (Lipinski definition) is 1. The van der Waals surface area contributed by atoms with Crippen LogP contribution in [0.5, 0.6) is 0 Å². The third-order valence-electron chi connectivity index (χ3n) is 8.56. The second-order valence-corrected chi connectivity index (χ2v) is 12.9. The number of rotatable bonds is 13. The van der Waals surface area contributed by atoms with Crippen LogP contribution in [0.15, 0.2) is 60.7 Å². The quantitative estimate of drug-likeness (QED) is 0.340. The van der Waals surface area contributed by atoms with Gasteiger partial charge in [-0.15, -0.1) is 0 Å². The minimum absolute atomic E-state index is 0.0582. The first-order valence-electron chi connectivity index (χ1n) is 15.2. The fraction of sp³-hybridized carbons (Fsp3) is 0.636. The van der Waals surface area contributed by atoms with Gasteiger partial charge in [-0.05, 0) is 6.42 Å². The summed E-state index contributed by atoms with van der Waals surface area (Å²) in [5.74, 6) is -0.954. The fourth-order valence-electron chi connectivity index (χ4n) is 5.71. The summed E-state index contributed by atoms with van der Waals surface area (Å²) in [6, 6.07) is 19.7. The molecule has 0 unspecified atom stereocenters. The Kier molecular flexibility index (Phi) is 9.80. The molecule has 5 aliphatic rings. The lowest BCUT2D eigenvalue weighted by molar-refractivity contribution is -0.467. The lowest BCUT2D eigenvalue weighted by atomic mass is 9.89. The highest BCUT2D eigenvalue weighted by atomic mass is 16.9. The minimum Gasteiger partial charge on any atom is -0.396 e. The molecular weight excluding hydrogens is 556 g/mol. The van der Waals surface area contributed by atoms with Gasteiger partial charge in [-0.1, -0.05) is 67.6 Å². The van der Waals surface area contributed by atoms with E-state index in [9.17, 15) is 5.11 Å². The highest BCUT2D eigenvalue weighted by Crippen LogP contribution is 2.40. The van der Waals surface area contributed by atoms with E-state index in [0.29, 0.717) is 78.9 Å². The zero-order valence-electron chi connectivity index (χ0n) is 24.9. The molecule has 0 aromatic heterocycles. The van der Waals surface area contributed by atoms with Crippen LogP contribution in [0.3, 0.4) is 0 Å². The van der Waals surface area contributed by atoms with Crippen LogP contribution in [0.25, 0.3) is 0 Å². The van der Waals surface area contributed by atoms with Crippen molar-refractivity contribution < 1.29 is 47.7 Å². The van der Waals surface area contributed by atoms with Crippen molar-refractivity contribution in [2.24, 2.45) is 16.2 Å². The van der Waals surface area contributed by atoms with E-state index in [1.54, 1.807) is 0 Å². The maximum Gasteiger partial charge on any atom is 0.283 e. The zero-order valence-corrected chi connectivity index (χ0v) is 24.9. The lowest BCUT2D eigenvalue weighted by Gasteiger charge is -2.50. The van der Waals surface area contributed by atoms with Crippen LogP contribution < -0.4 is 0 Å². The van der Waals surface area contributed by atoms with Gasteiger partial charge in [-0.2, -0.15) is 0 Å². The molecule has 2 aromatic carbocycles. The van der Waals surface area contributed by atoms with Crippen molar-refractivity contribution in [3.8, 4) is 0 Å². The summed E-state index contributed by atoms with van der Waals surface area (Å²) in [4.78, 5) is 0. The molecule has 0 aliphatic carbocycles. The normalized spacial score (nSPS) is 36.0. The third-order valence-corrected chi connectivity index (χ3v) is 8.56. The van der Waals surface area contributed by atoms with Crippen molar-refractivity contribution in [3.05, 3.63) is 71.8 Å². The lowest BCUT2D eigenvalue weighted by Crippen LogP contribution is -2.58. The summed E-state index contributed by atoms with van der Waals surface area (Å²) in [6.07, 6.45) is 0.413. The molecule has 1 N–H and O–H groups in total. The molecule has 7 rings (SSSR count). The molecule has 0 radical (unpaired) electrons. The summed E-state index contributed by atoms with van der Waals surface area (Å²) >= 11 is 0. The first-order chi connectivity index (χ1) is 20.9. The average molecular weight is 601 g/mol. The first-order valence-corrected chi connectivity index (χ1v) is 15.2. The van der Waals surface area contributed by atoms with Gasteiger partial charge in [0.25, 0.3) is 5.97 Å². The summed E-state index contributed by atoms with van der Waals surface area (Å²) in [7, 11) is 0. The Balaban J connectivity index is 1.01. The number of benzene rings is 2. The second kappa shape index (κ2) is 13.6. The molecule has 5 fully saturated rings. The van der Waals surface area contributed by atoms with Crippen LogP contribution in [-0.4, -0.2) is 90.4 Å². The van der Waals surface area contributed by atoms with Crippen LogP contribution in [-0.2, 0) is 42.6 Å². The Hall–Kier alpha value is -1.96. The van der Waals surface area contributed by atoms with Gasteiger partial charge in [0.1, 0.15) is 0 Å². The van der Waals surface area contributed by atoms with Crippen LogP contribution in [0, 0.1) is 16.2 Å². The molecular formula is C33H44O10. The van der Waals surface area contributed by atoms with Gasteiger partial charge in [0.05, 0.1) is 83.5 Å². The van der Waals surface area contributed by atoms with Gasteiger partial charge in [0.2, 0.25) is 0 Å². The summed E-state index contributed by atoms with van der Waals surface area (Å²) in [6.45, 7) is 6.85. The Morgan fingerprint density at radius 2 is 1.12 bits per heavy atom. The molecule has 0 saturated carbocycles. The minimum atomic E-state index is -0.954. The van der Waals surface area contributed by atoms with Gasteiger partial charge in [-0.3, -0.25) is 0 Å². The Bertz CT molecular complexity index is 1100. The summed E-state index contributed by atoms with van der Waals surface area (Å²) < 4.78 is 54.6. The monoisotopic (exact) mass is 600 g/mol. The van der Waals surface area contributed by atoms with E-state index in [1.165, 1.54) is 0 Å². The third kappa shape index (κ3) is 7.48. The van der Waals surface area contributed by atoms with Crippen molar-refractivity contribution in [2.45, 2.75) is 38.3 Å². The number of hydrogen-bond acceptors (Lipinski definition) is 10. The van der Waals surface area contributed by atoms with Gasteiger partial charge < -0.3 is 47.7 Å². The number of ether oxygens (including phenoxy) is 9. The van der Waals surface area contributed by atoms with Crippen LogP contribution in [0.4, 0.5) is 0 Å². The van der Waals surface area contributed by atoms with E-state index in [1.807, 2.05) is 60.7 Å². The molecule has 2 bridgehead atoms. The van der Waals surface area contributed by atoms with E-state index >= 15 is 0 Å². The first kappa shape index (κ1) is 31.0. The van der Waals surface area contributed by atoms with Crippen molar-refractivity contribution >= 4 is 0 Å². The van der Waals surface area contributed by atoms with Gasteiger partial charge in [-0.25, -0.2) is 0 Å². The maximum atomic E-state index is 10.3. The molecule has 5 heterocycles. The smallest absolute Gasteiger partial charge is 0.283 e. The Morgan fingerprint density at radius 3 is 1.63 bits per heavy atom. The largest absolute Gasteiger partial charge is 0.396 e. The standard InChI is InChI=1S/C33H44O10/c1-30-16-41-33(42-17-30,43-18-30)13-8-14-35-20-32(24-39-29(40-25-32)27-11-6-3-7-12-27)21-36-19-31(15-34)22-37-28(38-23-31)26-9-4-2-5-10-26/h2-7,9-12,28-29,34H,8,13-25H2,1H3. The predicted molar refractivity (Wildman–Crippen MR) is 154 cm³/mol. The van der Waals surface area contributed by atoms with E-state index in [0.717, 1.165) is 11.1 Å². The molecule has 5 saturated heterocycles. The molecule has 0 atom stereocenters. The Morgan fingerprint density at radius 1 is 0.651 bits per heavy atom. The summed E-state index contributed by atoms with van der Waals surface area (Å²) in [5, 5.41) is 10.3. The molecule has 236 valence electrons. The van der Waals surface area contributed by atoms with Crippen LogP contribution in [0.2, 0.25) is 0 Å². The van der Waals surface area contributed by atoms with Crippen LogP contribution >= 0.6 is 0 Å². The molecule has 10 nitrogen and oxygen atoms in total. The predicted octanol–water partition coefficient (Wildman–Crippen LogP) is 3.99. The zero-order chi connectivity index (χ0) is 29.6. The topological polar surface area (TPSA) is 103 Å². The fourth-order valence-corrected chi connectivity index (χ4v) is 5.71. The maximum absolute atomic E-state index is 10.3. The van der Waals surface area contributed by atoms with Gasteiger partial charge >= 0.3 is 0 Å². The highest BCUT2D eigenvalue weighted by Gasteiger charge is 2.50. The molecule has 43 heavy (non-hydrogen) atoms. The van der Waals surface area contributed by atoms with Gasteiger partial charge in [0, 0.05) is 29.6 Å². The van der Waals surface area contributed by atoms with Crippen molar-refractivity contribution in [1.29, 1.82) is 0 Å². The van der Waals surface area contributed by atoms with E-state index < -0.39 is 29.4 Å². The van der Waals surface area contributed by atoms with E-state index in [4.69, 9.17) is 42.6 Å². The second-order valence-electron chi connectivity index (χ2n) is 12.9. The Labute approximate surface area is 253 Å². The highest BCUT2D eigenvalue weighted by molar-refractivity contribution is 5.17. The van der Waals surface area contributed by atoms with E-state index in [2.05, 4.69) is 6.92 Å². The van der Waals surface area contributed by atoms with Gasteiger partial charge in [0.15, 0.2) is 12.6 Å². The number of aliphatic hydroxyl groups is 1. The molecule has 0 amide bonds. The van der Waals surface area contributed by atoms with E-state index in [-0.39, 0.29) is 18.6 Å². The molecule has 2 aromatic rings. The number of aliphatic hydroxyl groups excluding tert-OH is 1. The molecule has 10 heteroatoms. The average Bonchev–Trinajstić information content (AvgIpc) is 3.07.